The highest BCUT2D eigenvalue weighted by Crippen LogP contribution is 2.29. The number of para-hydroxylation sites is 1. The van der Waals surface area contributed by atoms with Crippen LogP contribution in [-0.2, 0) is 4.79 Å². The van der Waals surface area contributed by atoms with Crippen LogP contribution in [0.3, 0.4) is 0 Å². The molecule has 2 amide bonds. The van der Waals surface area contributed by atoms with Gasteiger partial charge in [-0.1, -0.05) is 31.5 Å². The highest BCUT2D eigenvalue weighted by molar-refractivity contribution is 6.02. The van der Waals surface area contributed by atoms with Crippen LogP contribution in [0.1, 0.15) is 62.7 Å². The zero-order valence-electron chi connectivity index (χ0n) is 18.8. The zero-order chi connectivity index (χ0) is 21.8. The van der Waals surface area contributed by atoms with Gasteiger partial charge in [0.25, 0.3) is 5.91 Å². The van der Waals surface area contributed by atoms with E-state index in [4.69, 9.17) is 4.98 Å². The number of piperidine rings is 1. The van der Waals surface area contributed by atoms with Crippen LogP contribution in [0, 0.1) is 5.92 Å². The highest BCUT2D eigenvalue weighted by Gasteiger charge is 2.32. The summed E-state index contributed by atoms with van der Waals surface area (Å²) in [5, 5.41) is 4.11. The van der Waals surface area contributed by atoms with Gasteiger partial charge in [-0.3, -0.25) is 9.59 Å². The average molecular weight is 423 g/mol. The smallest absolute Gasteiger partial charge is 0.257 e. The topological polar surface area (TPSA) is 65.5 Å². The molecule has 0 spiro atoms. The number of amides is 2. The number of hydrogen-bond acceptors (Lipinski definition) is 4. The van der Waals surface area contributed by atoms with Gasteiger partial charge in [-0.05, 0) is 51.2 Å². The lowest BCUT2D eigenvalue weighted by Crippen LogP contribution is -2.47. The van der Waals surface area contributed by atoms with Gasteiger partial charge < -0.3 is 15.1 Å². The number of carbonyl (C=O) groups is 2. The van der Waals surface area contributed by atoms with Crippen LogP contribution >= 0.6 is 0 Å². The lowest BCUT2D eigenvalue weighted by atomic mass is 9.95. The summed E-state index contributed by atoms with van der Waals surface area (Å²) >= 11 is 0. The number of nitrogens with one attached hydrogen (secondary N) is 1. The molecule has 1 aromatic carbocycles. The fraction of sp³-hybridized carbons (Fsp3) is 0.560. The van der Waals surface area contributed by atoms with E-state index in [0.29, 0.717) is 18.7 Å². The van der Waals surface area contributed by atoms with Gasteiger partial charge in [-0.25, -0.2) is 4.98 Å². The fourth-order valence-corrected chi connectivity index (χ4v) is 4.84. The SMILES string of the molecule is CCCC(C)NC(=O)C1CCCN(C(=O)c2cc3ccccc3nc2N2CCCC2)C1. The average Bonchev–Trinajstić information content (AvgIpc) is 3.33. The first kappa shape index (κ1) is 21.6. The normalized spacial score (nSPS) is 20.1. The Balaban J connectivity index is 1.56. The number of anilines is 1. The molecule has 0 saturated carbocycles. The predicted molar refractivity (Wildman–Crippen MR) is 124 cm³/mol. The number of aromatic nitrogens is 1. The summed E-state index contributed by atoms with van der Waals surface area (Å²) in [6.45, 7) is 7.22. The number of hydrogen-bond donors (Lipinski definition) is 1. The van der Waals surface area contributed by atoms with E-state index in [1.807, 2.05) is 35.2 Å². The summed E-state index contributed by atoms with van der Waals surface area (Å²) in [5.74, 6) is 0.735. The molecule has 0 aliphatic carbocycles. The molecule has 0 radical (unpaired) electrons. The number of carbonyl (C=O) groups excluding carboxylic acids is 2. The van der Waals surface area contributed by atoms with Gasteiger partial charge in [0.1, 0.15) is 5.82 Å². The molecule has 4 rings (SSSR count). The summed E-state index contributed by atoms with van der Waals surface area (Å²) in [5.41, 5.74) is 1.59. The van der Waals surface area contributed by atoms with E-state index in [9.17, 15) is 9.59 Å². The number of pyridine rings is 1. The lowest BCUT2D eigenvalue weighted by Gasteiger charge is -2.33. The van der Waals surface area contributed by atoms with Gasteiger partial charge in [-0.15, -0.1) is 0 Å². The first-order valence-corrected chi connectivity index (χ1v) is 11.8. The van der Waals surface area contributed by atoms with Crippen molar-refractivity contribution >= 4 is 28.5 Å². The van der Waals surface area contributed by atoms with E-state index >= 15 is 0 Å². The highest BCUT2D eigenvalue weighted by atomic mass is 16.2. The Morgan fingerprint density at radius 3 is 2.71 bits per heavy atom. The minimum absolute atomic E-state index is 0.000685. The second kappa shape index (κ2) is 9.67. The number of benzene rings is 1. The van der Waals surface area contributed by atoms with Crippen LogP contribution in [0.5, 0.6) is 0 Å². The lowest BCUT2D eigenvalue weighted by molar-refractivity contribution is -0.127. The van der Waals surface area contributed by atoms with Crippen molar-refractivity contribution in [3.63, 3.8) is 0 Å². The molecule has 1 N–H and O–H groups in total. The molecule has 2 saturated heterocycles. The number of likely N-dealkylation sites (tertiary alicyclic amines) is 1. The minimum Gasteiger partial charge on any atom is -0.356 e. The number of rotatable bonds is 6. The van der Waals surface area contributed by atoms with E-state index in [0.717, 1.165) is 68.3 Å². The van der Waals surface area contributed by atoms with Crippen molar-refractivity contribution in [1.29, 1.82) is 0 Å². The second-order valence-corrected chi connectivity index (χ2v) is 9.04. The number of nitrogens with zero attached hydrogens (tertiary/aromatic N) is 3. The van der Waals surface area contributed by atoms with Crippen LogP contribution in [0.2, 0.25) is 0 Å². The Bertz CT molecular complexity index is 938. The van der Waals surface area contributed by atoms with Crippen molar-refractivity contribution < 1.29 is 9.59 Å². The molecule has 166 valence electrons. The molecule has 2 aromatic rings. The Kier molecular flexibility index (Phi) is 6.73. The second-order valence-electron chi connectivity index (χ2n) is 9.04. The molecule has 6 heteroatoms. The van der Waals surface area contributed by atoms with Crippen LogP contribution < -0.4 is 10.2 Å². The molecule has 2 fully saturated rings. The molecule has 6 nitrogen and oxygen atoms in total. The largest absolute Gasteiger partial charge is 0.356 e. The van der Waals surface area contributed by atoms with Gasteiger partial charge in [-0.2, -0.15) is 0 Å². The van der Waals surface area contributed by atoms with E-state index in [1.54, 1.807) is 0 Å². The third kappa shape index (κ3) is 4.83. The van der Waals surface area contributed by atoms with Crippen molar-refractivity contribution in [2.24, 2.45) is 5.92 Å². The van der Waals surface area contributed by atoms with Crippen LogP contribution in [0.4, 0.5) is 5.82 Å². The molecule has 0 bridgehead atoms. The first-order chi connectivity index (χ1) is 15.1. The molecular formula is C25H34N4O2. The quantitative estimate of drug-likeness (QED) is 0.764. The monoisotopic (exact) mass is 422 g/mol. The Morgan fingerprint density at radius 2 is 1.94 bits per heavy atom. The zero-order valence-corrected chi connectivity index (χ0v) is 18.8. The minimum atomic E-state index is -0.138. The maximum Gasteiger partial charge on any atom is 0.257 e. The third-order valence-corrected chi connectivity index (χ3v) is 6.53. The standard InChI is InChI=1S/C25H34N4O2/c1-3-9-18(2)26-24(30)20-11-8-15-29(17-20)25(31)21-16-19-10-4-5-12-22(19)27-23(21)28-13-6-7-14-28/h4-5,10,12,16,18,20H,3,6-9,11,13-15,17H2,1-2H3,(H,26,30). The fourth-order valence-electron chi connectivity index (χ4n) is 4.84. The maximum atomic E-state index is 13.6. The Morgan fingerprint density at radius 1 is 1.16 bits per heavy atom. The first-order valence-electron chi connectivity index (χ1n) is 11.8. The van der Waals surface area contributed by atoms with E-state index in [1.165, 1.54) is 0 Å². The Hall–Kier alpha value is -2.63. The van der Waals surface area contributed by atoms with Gasteiger partial charge in [0.15, 0.2) is 0 Å². The van der Waals surface area contributed by atoms with Crippen LogP contribution in [0.25, 0.3) is 10.9 Å². The van der Waals surface area contributed by atoms with Gasteiger partial charge in [0.2, 0.25) is 5.91 Å². The number of fused-ring (bicyclic) bond motifs is 1. The maximum absolute atomic E-state index is 13.6. The summed E-state index contributed by atoms with van der Waals surface area (Å²) in [6, 6.07) is 10.1. The molecule has 2 aliphatic heterocycles. The Labute approximate surface area is 185 Å². The third-order valence-electron chi connectivity index (χ3n) is 6.53. The van der Waals surface area contributed by atoms with E-state index in [-0.39, 0.29) is 23.8 Å². The molecule has 2 atom stereocenters. The van der Waals surface area contributed by atoms with Gasteiger partial charge >= 0.3 is 0 Å². The summed E-state index contributed by atoms with van der Waals surface area (Å²) < 4.78 is 0. The molecule has 2 unspecified atom stereocenters. The summed E-state index contributed by atoms with van der Waals surface area (Å²) in [4.78, 5) is 35.4. The van der Waals surface area contributed by atoms with E-state index < -0.39 is 0 Å². The van der Waals surface area contributed by atoms with E-state index in [2.05, 4.69) is 24.1 Å². The van der Waals surface area contributed by atoms with Crippen molar-refractivity contribution in [1.82, 2.24) is 15.2 Å². The molecule has 1 aromatic heterocycles. The summed E-state index contributed by atoms with van der Waals surface area (Å²) in [7, 11) is 0. The predicted octanol–water partition coefficient (Wildman–Crippen LogP) is 3.99. The van der Waals surface area contributed by atoms with Crippen molar-refractivity contribution in [3.05, 3.63) is 35.9 Å². The van der Waals surface area contributed by atoms with Crippen molar-refractivity contribution in [3.8, 4) is 0 Å². The molecular weight excluding hydrogens is 388 g/mol. The van der Waals surface area contributed by atoms with Crippen LogP contribution in [-0.4, -0.2) is 53.9 Å². The molecule has 3 heterocycles. The van der Waals surface area contributed by atoms with Crippen molar-refractivity contribution in [2.75, 3.05) is 31.1 Å². The molecule has 2 aliphatic rings. The summed E-state index contributed by atoms with van der Waals surface area (Å²) in [6.07, 6.45) is 5.97. The van der Waals surface area contributed by atoms with Gasteiger partial charge in [0, 0.05) is 37.6 Å². The van der Waals surface area contributed by atoms with Crippen LogP contribution in [0.15, 0.2) is 30.3 Å². The van der Waals surface area contributed by atoms with Gasteiger partial charge in [0.05, 0.1) is 17.0 Å². The van der Waals surface area contributed by atoms with Crippen molar-refractivity contribution in [2.45, 2.75) is 58.4 Å². The molecule has 31 heavy (non-hydrogen) atoms.